The SMILES string of the molecule is NC(N)=C(c1cc(N)c(N)c(N)c1)c1ccc(O)c(N)c1N. The summed E-state index contributed by atoms with van der Waals surface area (Å²) >= 11 is 0. The number of rotatable bonds is 2. The Balaban J connectivity index is 2.74. The largest absolute Gasteiger partial charge is 0.506 e. The van der Waals surface area contributed by atoms with E-state index in [0.717, 1.165) is 0 Å². The molecule has 0 heterocycles. The zero-order chi connectivity index (χ0) is 16.6. The molecule has 0 saturated carbocycles. The highest BCUT2D eigenvalue weighted by Gasteiger charge is 2.17. The third kappa shape index (κ3) is 2.33. The van der Waals surface area contributed by atoms with Crippen LogP contribution in [0.3, 0.4) is 0 Å². The highest BCUT2D eigenvalue weighted by atomic mass is 16.3. The van der Waals surface area contributed by atoms with E-state index in [9.17, 15) is 5.11 Å². The molecular formula is C14H19N7O. The van der Waals surface area contributed by atoms with Crippen molar-refractivity contribution in [3.05, 3.63) is 41.2 Å². The molecule has 22 heavy (non-hydrogen) atoms. The summed E-state index contributed by atoms with van der Waals surface area (Å²) in [6.07, 6.45) is 0. The van der Waals surface area contributed by atoms with Gasteiger partial charge in [-0.2, -0.15) is 0 Å². The van der Waals surface area contributed by atoms with Crippen LogP contribution in [0.1, 0.15) is 11.1 Å². The van der Waals surface area contributed by atoms with E-state index >= 15 is 0 Å². The molecule has 0 spiro atoms. The summed E-state index contributed by atoms with van der Waals surface area (Å²) in [5, 5.41) is 9.60. The third-order valence-electron chi connectivity index (χ3n) is 3.35. The molecule has 0 aliphatic carbocycles. The van der Waals surface area contributed by atoms with Crippen LogP contribution in [-0.2, 0) is 0 Å². The Morgan fingerprint density at radius 1 is 0.773 bits per heavy atom. The summed E-state index contributed by atoms with van der Waals surface area (Å²) in [6, 6.07) is 6.12. The van der Waals surface area contributed by atoms with Gasteiger partial charge < -0.3 is 45.2 Å². The smallest absolute Gasteiger partial charge is 0.140 e. The number of hydrogen-bond donors (Lipinski definition) is 8. The average molecular weight is 301 g/mol. The molecule has 0 radical (unpaired) electrons. The van der Waals surface area contributed by atoms with Crippen LogP contribution in [0.15, 0.2) is 30.1 Å². The second kappa shape index (κ2) is 5.17. The predicted octanol–water partition coefficient (Wildman–Crippen LogP) is -0.0625. The van der Waals surface area contributed by atoms with Gasteiger partial charge >= 0.3 is 0 Å². The fraction of sp³-hybridized carbons (Fsp3) is 0. The quantitative estimate of drug-likeness (QED) is 0.278. The van der Waals surface area contributed by atoms with Crippen LogP contribution in [0.5, 0.6) is 5.75 Å². The summed E-state index contributed by atoms with van der Waals surface area (Å²) in [5.41, 5.74) is 43.1. The summed E-state index contributed by atoms with van der Waals surface area (Å²) in [5.74, 6) is -0.132. The highest BCUT2D eigenvalue weighted by molar-refractivity contribution is 5.94. The zero-order valence-electron chi connectivity index (χ0n) is 11.8. The van der Waals surface area contributed by atoms with Crippen molar-refractivity contribution in [3.8, 4) is 5.75 Å². The van der Waals surface area contributed by atoms with E-state index < -0.39 is 0 Å². The van der Waals surface area contributed by atoms with Crippen molar-refractivity contribution in [2.45, 2.75) is 0 Å². The Kier molecular flexibility index (Phi) is 3.52. The molecule has 2 aromatic carbocycles. The first kappa shape index (κ1) is 15.0. The molecule has 116 valence electrons. The number of anilines is 5. The molecule has 0 fully saturated rings. The lowest BCUT2D eigenvalue weighted by molar-refractivity contribution is 0.478. The van der Waals surface area contributed by atoms with E-state index in [0.29, 0.717) is 28.1 Å². The van der Waals surface area contributed by atoms with E-state index in [1.165, 1.54) is 6.07 Å². The maximum atomic E-state index is 9.60. The number of aromatic hydroxyl groups is 1. The van der Waals surface area contributed by atoms with Gasteiger partial charge in [0, 0.05) is 11.1 Å². The normalized spacial score (nSPS) is 10.4. The molecule has 0 aromatic heterocycles. The second-order valence-corrected chi connectivity index (χ2v) is 4.86. The predicted molar refractivity (Wildman–Crippen MR) is 91.0 cm³/mol. The van der Waals surface area contributed by atoms with Gasteiger partial charge in [-0.1, -0.05) is 0 Å². The van der Waals surface area contributed by atoms with E-state index in [4.69, 9.17) is 40.1 Å². The highest BCUT2D eigenvalue weighted by Crippen LogP contribution is 2.38. The van der Waals surface area contributed by atoms with Crippen molar-refractivity contribution in [2.75, 3.05) is 28.7 Å². The van der Waals surface area contributed by atoms with Crippen LogP contribution < -0.4 is 40.1 Å². The topological polar surface area (TPSA) is 202 Å². The van der Waals surface area contributed by atoms with Crippen LogP contribution in [0.2, 0.25) is 0 Å². The van der Waals surface area contributed by atoms with Crippen molar-refractivity contribution < 1.29 is 5.11 Å². The van der Waals surface area contributed by atoms with E-state index in [2.05, 4.69) is 0 Å². The van der Waals surface area contributed by atoms with Crippen molar-refractivity contribution in [2.24, 2.45) is 11.5 Å². The fourth-order valence-corrected chi connectivity index (χ4v) is 2.16. The molecule has 0 bridgehead atoms. The standard InChI is InChI=1S/C14H19N7O/c15-7-3-5(4-8(16)12(7)18)10(14(20)21)6-1-2-9(22)13(19)11(6)17/h1-4,22H,15-21H2. The number of benzene rings is 2. The van der Waals surface area contributed by atoms with E-state index in [-0.39, 0.29) is 28.6 Å². The molecule has 2 aromatic rings. The van der Waals surface area contributed by atoms with Crippen LogP contribution in [0.25, 0.3) is 5.57 Å². The van der Waals surface area contributed by atoms with Gasteiger partial charge in [-0.15, -0.1) is 0 Å². The van der Waals surface area contributed by atoms with Gasteiger partial charge in [0.05, 0.1) is 28.4 Å². The Hall–Kier alpha value is -3.42. The van der Waals surface area contributed by atoms with Crippen molar-refractivity contribution in [1.82, 2.24) is 0 Å². The van der Waals surface area contributed by atoms with Crippen LogP contribution in [0.4, 0.5) is 28.4 Å². The number of nitrogens with two attached hydrogens (primary N) is 7. The molecule has 0 amide bonds. The maximum Gasteiger partial charge on any atom is 0.140 e. The van der Waals surface area contributed by atoms with E-state index in [1.807, 2.05) is 0 Å². The van der Waals surface area contributed by atoms with Crippen molar-refractivity contribution in [3.63, 3.8) is 0 Å². The first-order chi connectivity index (χ1) is 10.2. The molecule has 2 rings (SSSR count). The monoisotopic (exact) mass is 301 g/mol. The maximum absolute atomic E-state index is 9.60. The Labute approximate surface area is 127 Å². The molecule has 0 unspecified atom stereocenters. The van der Waals surface area contributed by atoms with Crippen molar-refractivity contribution in [1.29, 1.82) is 0 Å². The average Bonchev–Trinajstić information content (AvgIpc) is 2.44. The van der Waals surface area contributed by atoms with Gasteiger partial charge in [0.15, 0.2) is 0 Å². The van der Waals surface area contributed by atoms with Crippen LogP contribution in [-0.4, -0.2) is 5.11 Å². The summed E-state index contributed by atoms with van der Waals surface area (Å²) in [6.45, 7) is 0. The number of hydrogen-bond acceptors (Lipinski definition) is 8. The lowest BCUT2D eigenvalue weighted by Crippen LogP contribution is -2.14. The Morgan fingerprint density at radius 2 is 1.32 bits per heavy atom. The second-order valence-electron chi connectivity index (χ2n) is 4.86. The van der Waals surface area contributed by atoms with Gasteiger partial charge in [0.25, 0.3) is 0 Å². The van der Waals surface area contributed by atoms with Gasteiger partial charge in [0.1, 0.15) is 11.6 Å². The Bertz CT molecular complexity index is 756. The van der Waals surface area contributed by atoms with Gasteiger partial charge in [-0.25, -0.2) is 0 Å². The van der Waals surface area contributed by atoms with Crippen molar-refractivity contribution >= 4 is 34.0 Å². The minimum atomic E-state index is -0.132. The number of phenols is 1. The lowest BCUT2D eigenvalue weighted by Gasteiger charge is -2.16. The minimum Gasteiger partial charge on any atom is -0.506 e. The molecule has 8 heteroatoms. The zero-order valence-corrected chi connectivity index (χ0v) is 11.8. The first-order valence-corrected chi connectivity index (χ1v) is 6.31. The first-order valence-electron chi connectivity index (χ1n) is 6.31. The molecule has 8 nitrogen and oxygen atoms in total. The molecule has 0 saturated heterocycles. The lowest BCUT2D eigenvalue weighted by atomic mass is 9.94. The fourth-order valence-electron chi connectivity index (χ4n) is 2.16. The van der Waals surface area contributed by atoms with E-state index in [1.54, 1.807) is 18.2 Å². The van der Waals surface area contributed by atoms with Gasteiger partial charge in [-0.05, 0) is 29.8 Å². The minimum absolute atomic E-state index is 0.000334. The molecule has 15 N–H and O–H groups in total. The van der Waals surface area contributed by atoms with Crippen LogP contribution >= 0.6 is 0 Å². The van der Waals surface area contributed by atoms with Crippen LogP contribution in [0, 0.1) is 0 Å². The number of nitrogen functional groups attached to an aromatic ring is 5. The van der Waals surface area contributed by atoms with Gasteiger partial charge in [0.2, 0.25) is 0 Å². The molecular weight excluding hydrogens is 282 g/mol. The number of phenolic OH excluding ortho intramolecular Hbond substituents is 1. The Morgan fingerprint density at radius 3 is 1.82 bits per heavy atom. The molecule has 0 aliphatic rings. The summed E-state index contributed by atoms with van der Waals surface area (Å²) in [4.78, 5) is 0. The molecule has 0 atom stereocenters. The summed E-state index contributed by atoms with van der Waals surface area (Å²) in [7, 11) is 0. The van der Waals surface area contributed by atoms with Gasteiger partial charge in [-0.3, -0.25) is 0 Å². The third-order valence-corrected chi connectivity index (χ3v) is 3.35. The summed E-state index contributed by atoms with van der Waals surface area (Å²) < 4.78 is 0. The molecule has 0 aliphatic heterocycles.